The first kappa shape index (κ1) is 14.8. The first-order valence-corrected chi connectivity index (χ1v) is 6.48. The lowest BCUT2D eigenvalue weighted by molar-refractivity contribution is -0.151. The highest BCUT2D eigenvalue weighted by Gasteiger charge is 2.27. The fraction of sp³-hybridized carbons (Fsp3) is 0.167. The lowest BCUT2D eigenvalue weighted by Crippen LogP contribution is -2.26. The molecule has 0 aliphatic carbocycles. The molecule has 1 unspecified atom stereocenters. The van der Waals surface area contributed by atoms with E-state index in [1.165, 1.54) is 19.1 Å². The van der Waals surface area contributed by atoms with Gasteiger partial charge in [-0.2, -0.15) is 0 Å². The highest BCUT2D eigenvalue weighted by atomic mass is 19.1. The van der Waals surface area contributed by atoms with E-state index in [0.29, 0.717) is 5.56 Å². The van der Waals surface area contributed by atoms with Crippen molar-refractivity contribution in [3.8, 4) is 23.5 Å². The molecule has 2 nitrogen and oxygen atoms in total. The van der Waals surface area contributed by atoms with Crippen LogP contribution in [0, 0.1) is 18.2 Å². The number of ether oxygens (including phenoxy) is 1. The zero-order valence-corrected chi connectivity index (χ0v) is 11.9. The molecule has 21 heavy (non-hydrogen) atoms. The lowest BCUT2D eigenvalue weighted by atomic mass is 9.94. The molecule has 1 atom stereocenters. The summed E-state index contributed by atoms with van der Waals surface area (Å²) >= 11 is 0. The molecule has 0 N–H and O–H groups in total. The normalized spacial score (nSPS) is 13.0. The highest BCUT2D eigenvalue weighted by Crippen LogP contribution is 2.28. The van der Waals surface area contributed by atoms with Crippen LogP contribution in [0.4, 0.5) is 4.39 Å². The standard InChI is InChI=1S/C18H15FO2/c1-4-18(3,21-13(2)20)16-9-5-14(6-10-16)15-7-11-17(19)12-8-15/h1,5-12H,2-3H3. The molecule has 0 aromatic heterocycles. The van der Waals surface area contributed by atoms with E-state index in [1.807, 2.05) is 24.3 Å². The molecule has 0 radical (unpaired) electrons. The number of carbonyl (C=O) groups is 1. The maximum absolute atomic E-state index is 12.9. The van der Waals surface area contributed by atoms with Crippen LogP contribution in [0.1, 0.15) is 19.4 Å². The molecular formula is C18H15FO2. The molecule has 0 fully saturated rings. The Morgan fingerprint density at radius 3 is 2.00 bits per heavy atom. The monoisotopic (exact) mass is 282 g/mol. The molecule has 2 aromatic rings. The van der Waals surface area contributed by atoms with E-state index in [1.54, 1.807) is 19.1 Å². The number of terminal acetylenes is 1. The molecule has 3 heteroatoms. The predicted molar refractivity (Wildman–Crippen MR) is 79.8 cm³/mol. The summed E-state index contributed by atoms with van der Waals surface area (Å²) in [6.45, 7) is 2.99. The highest BCUT2D eigenvalue weighted by molar-refractivity contribution is 5.68. The van der Waals surface area contributed by atoms with Gasteiger partial charge in [0.05, 0.1) is 0 Å². The molecule has 0 aliphatic heterocycles. The Balaban J connectivity index is 2.32. The maximum atomic E-state index is 12.9. The van der Waals surface area contributed by atoms with Gasteiger partial charge in [-0.15, -0.1) is 6.42 Å². The third-order valence-electron chi connectivity index (χ3n) is 3.24. The van der Waals surface area contributed by atoms with Gasteiger partial charge in [0, 0.05) is 12.5 Å². The summed E-state index contributed by atoms with van der Waals surface area (Å²) in [5.41, 5.74) is 1.46. The van der Waals surface area contributed by atoms with Crippen molar-refractivity contribution < 1.29 is 13.9 Å². The second-order valence-electron chi connectivity index (χ2n) is 4.86. The Morgan fingerprint density at radius 2 is 1.57 bits per heavy atom. The molecule has 2 aromatic carbocycles. The topological polar surface area (TPSA) is 26.3 Å². The number of hydrogen-bond donors (Lipinski definition) is 0. The van der Waals surface area contributed by atoms with E-state index in [4.69, 9.17) is 11.2 Å². The minimum atomic E-state index is -1.09. The largest absolute Gasteiger partial charge is 0.442 e. The van der Waals surface area contributed by atoms with Gasteiger partial charge in [0.2, 0.25) is 0 Å². The third kappa shape index (κ3) is 3.29. The molecule has 0 saturated heterocycles. The molecule has 0 amide bonds. The van der Waals surface area contributed by atoms with E-state index in [-0.39, 0.29) is 5.82 Å². The van der Waals surface area contributed by atoms with Crippen molar-refractivity contribution in [2.45, 2.75) is 19.4 Å². The van der Waals surface area contributed by atoms with Crippen LogP contribution < -0.4 is 0 Å². The number of esters is 1. The zero-order valence-electron chi connectivity index (χ0n) is 11.9. The van der Waals surface area contributed by atoms with Crippen LogP contribution in [0.3, 0.4) is 0 Å². The number of benzene rings is 2. The summed E-state index contributed by atoms with van der Waals surface area (Å²) in [7, 11) is 0. The number of hydrogen-bond acceptors (Lipinski definition) is 2. The first-order chi connectivity index (χ1) is 9.94. The molecule has 0 heterocycles. The van der Waals surface area contributed by atoms with E-state index in [9.17, 15) is 9.18 Å². The Labute approximate surface area is 123 Å². The number of rotatable bonds is 3. The van der Waals surface area contributed by atoms with E-state index < -0.39 is 11.6 Å². The second-order valence-corrected chi connectivity index (χ2v) is 4.86. The van der Waals surface area contributed by atoms with Crippen molar-refractivity contribution in [2.75, 3.05) is 0 Å². The van der Waals surface area contributed by atoms with Crippen molar-refractivity contribution in [2.24, 2.45) is 0 Å². The Kier molecular flexibility index (Phi) is 4.09. The maximum Gasteiger partial charge on any atom is 0.304 e. The summed E-state index contributed by atoms with van der Waals surface area (Å²) in [6.07, 6.45) is 5.48. The van der Waals surface area contributed by atoms with Crippen LogP contribution in [0.2, 0.25) is 0 Å². The second kappa shape index (κ2) is 5.80. The van der Waals surface area contributed by atoms with Crippen LogP contribution in [-0.2, 0) is 15.1 Å². The molecule has 0 spiro atoms. The molecule has 0 aliphatic rings. The van der Waals surface area contributed by atoms with Gasteiger partial charge in [0.25, 0.3) is 0 Å². The Bertz CT molecular complexity index is 681. The average Bonchev–Trinajstić information content (AvgIpc) is 2.47. The number of carbonyl (C=O) groups excluding carboxylic acids is 1. The van der Waals surface area contributed by atoms with E-state index >= 15 is 0 Å². The molecule has 0 saturated carbocycles. The summed E-state index contributed by atoms with van der Waals surface area (Å²) in [6, 6.07) is 13.6. The quantitative estimate of drug-likeness (QED) is 0.630. The summed E-state index contributed by atoms with van der Waals surface area (Å²) < 4.78 is 18.1. The molecule has 106 valence electrons. The van der Waals surface area contributed by atoms with Gasteiger partial charge in [-0.25, -0.2) is 4.39 Å². The van der Waals surface area contributed by atoms with Crippen molar-refractivity contribution in [3.05, 3.63) is 59.9 Å². The van der Waals surface area contributed by atoms with E-state index in [2.05, 4.69) is 5.92 Å². The smallest absolute Gasteiger partial charge is 0.304 e. The Hall–Kier alpha value is -2.60. The van der Waals surface area contributed by atoms with Crippen molar-refractivity contribution >= 4 is 5.97 Å². The first-order valence-electron chi connectivity index (χ1n) is 6.48. The van der Waals surface area contributed by atoms with Crippen LogP contribution >= 0.6 is 0 Å². The average molecular weight is 282 g/mol. The van der Waals surface area contributed by atoms with Crippen molar-refractivity contribution in [1.29, 1.82) is 0 Å². The van der Waals surface area contributed by atoms with Gasteiger partial charge in [-0.3, -0.25) is 4.79 Å². The predicted octanol–water partition coefficient (Wildman–Crippen LogP) is 3.90. The third-order valence-corrected chi connectivity index (χ3v) is 3.24. The van der Waals surface area contributed by atoms with Crippen molar-refractivity contribution in [1.82, 2.24) is 0 Å². The minimum Gasteiger partial charge on any atom is -0.442 e. The van der Waals surface area contributed by atoms with Gasteiger partial charge in [-0.05, 0) is 30.2 Å². The zero-order chi connectivity index (χ0) is 15.5. The molecular weight excluding hydrogens is 267 g/mol. The number of halogens is 1. The fourth-order valence-electron chi connectivity index (χ4n) is 2.08. The van der Waals surface area contributed by atoms with Gasteiger partial charge in [-0.1, -0.05) is 42.3 Å². The lowest BCUT2D eigenvalue weighted by Gasteiger charge is -2.24. The van der Waals surface area contributed by atoms with Crippen LogP contribution in [-0.4, -0.2) is 5.97 Å². The molecule has 0 bridgehead atoms. The Morgan fingerprint density at radius 1 is 1.10 bits per heavy atom. The minimum absolute atomic E-state index is 0.273. The van der Waals surface area contributed by atoms with Crippen molar-refractivity contribution in [3.63, 3.8) is 0 Å². The van der Waals surface area contributed by atoms with Crippen LogP contribution in [0.25, 0.3) is 11.1 Å². The van der Waals surface area contributed by atoms with Gasteiger partial charge >= 0.3 is 5.97 Å². The molecule has 2 rings (SSSR count). The fourth-order valence-corrected chi connectivity index (χ4v) is 2.08. The van der Waals surface area contributed by atoms with Gasteiger partial charge < -0.3 is 4.74 Å². The SMILES string of the molecule is C#CC(C)(OC(C)=O)c1ccc(-c2ccc(F)cc2)cc1. The summed E-state index contributed by atoms with van der Waals surface area (Å²) in [4.78, 5) is 11.2. The summed E-state index contributed by atoms with van der Waals surface area (Å²) in [5, 5.41) is 0. The van der Waals surface area contributed by atoms with E-state index in [0.717, 1.165) is 11.1 Å². The van der Waals surface area contributed by atoms with Gasteiger partial charge in [0.15, 0.2) is 5.60 Å². The van der Waals surface area contributed by atoms with Crippen LogP contribution in [0.5, 0.6) is 0 Å². The van der Waals surface area contributed by atoms with Gasteiger partial charge in [0.1, 0.15) is 5.82 Å². The van der Waals surface area contributed by atoms with Crippen LogP contribution in [0.15, 0.2) is 48.5 Å². The summed E-state index contributed by atoms with van der Waals surface area (Å²) in [5.74, 6) is 1.79.